The Balaban J connectivity index is 1.09. The fraction of sp³-hybridized carbons (Fsp3) is 0.0189. The van der Waals surface area contributed by atoms with Gasteiger partial charge < -0.3 is 0 Å². The van der Waals surface area contributed by atoms with Crippen molar-refractivity contribution in [3.8, 4) is 51.0 Å². The number of amides is 1. The van der Waals surface area contributed by atoms with Crippen molar-refractivity contribution in [3.63, 3.8) is 0 Å². The summed E-state index contributed by atoms with van der Waals surface area (Å²) in [6.07, 6.45) is 0. The van der Waals surface area contributed by atoms with E-state index in [1.54, 1.807) is 0 Å². The molecule has 0 fully saturated rings. The molecule has 8 aromatic carbocycles. The average molecular weight is 756 g/mol. The molecule has 0 radical (unpaired) electrons. The van der Waals surface area contributed by atoms with Crippen molar-refractivity contribution in [1.29, 1.82) is 0 Å². The molecule has 1 atom stereocenters. The average Bonchev–Trinajstić information content (AvgIpc) is 3.90. The van der Waals surface area contributed by atoms with Crippen molar-refractivity contribution >= 4 is 33.4 Å². The summed E-state index contributed by atoms with van der Waals surface area (Å²) < 4.78 is 2.16. The highest BCUT2D eigenvalue weighted by atomic mass is 16.2. The number of benzene rings is 8. The van der Waals surface area contributed by atoms with Crippen LogP contribution in [0, 0.1) is 0 Å². The van der Waals surface area contributed by atoms with Gasteiger partial charge in [0.2, 0.25) is 5.95 Å². The molecule has 59 heavy (non-hydrogen) atoms. The molecule has 2 aliphatic rings. The highest BCUT2D eigenvalue weighted by Crippen LogP contribution is 2.60. The Bertz CT molecular complexity index is 3250. The SMILES string of the molecule is O=C1c2ccccc2C2(c3ccccc3-c3c(-c4ccc5c(c4)c4ccccc4n5-c4nc(-c5ccccc5)nc(-c5ccccc5)n4)cccc32)N1c1ccccc1. The number of hydrogen-bond acceptors (Lipinski definition) is 4. The Morgan fingerprint density at radius 1 is 0.407 bits per heavy atom. The first-order valence-corrected chi connectivity index (χ1v) is 19.8. The Kier molecular flexibility index (Phi) is 7.19. The van der Waals surface area contributed by atoms with E-state index in [-0.39, 0.29) is 5.91 Å². The lowest BCUT2D eigenvalue weighted by atomic mass is 9.80. The van der Waals surface area contributed by atoms with E-state index in [9.17, 15) is 4.79 Å². The van der Waals surface area contributed by atoms with Gasteiger partial charge in [-0.25, -0.2) is 4.98 Å². The molecule has 1 spiro atoms. The summed E-state index contributed by atoms with van der Waals surface area (Å²) in [5.74, 6) is 1.78. The second kappa shape index (κ2) is 12.8. The van der Waals surface area contributed by atoms with Gasteiger partial charge >= 0.3 is 0 Å². The highest BCUT2D eigenvalue weighted by Gasteiger charge is 2.57. The second-order valence-corrected chi connectivity index (χ2v) is 15.1. The number of hydrogen-bond donors (Lipinski definition) is 0. The zero-order chi connectivity index (χ0) is 39.1. The molecular formula is C53H33N5O. The first-order chi connectivity index (χ1) is 29.2. The maximum Gasteiger partial charge on any atom is 0.260 e. The van der Waals surface area contributed by atoms with Crippen LogP contribution in [0.3, 0.4) is 0 Å². The van der Waals surface area contributed by atoms with Gasteiger partial charge in [-0.05, 0) is 75.3 Å². The van der Waals surface area contributed by atoms with Crippen LogP contribution >= 0.6 is 0 Å². The highest BCUT2D eigenvalue weighted by molar-refractivity contribution is 6.16. The van der Waals surface area contributed by atoms with Crippen molar-refractivity contribution < 1.29 is 4.79 Å². The number of fused-ring (bicyclic) bond motifs is 10. The van der Waals surface area contributed by atoms with Crippen LogP contribution in [0.5, 0.6) is 0 Å². The third-order valence-electron chi connectivity index (χ3n) is 12.0. The lowest BCUT2D eigenvalue weighted by molar-refractivity contribution is 0.0987. The number of rotatable bonds is 5. The normalized spacial score (nSPS) is 15.2. The molecule has 3 heterocycles. The molecule has 0 saturated carbocycles. The number of nitrogens with zero attached hydrogens (tertiary/aromatic N) is 5. The quantitative estimate of drug-likeness (QED) is 0.175. The minimum Gasteiger partial charge on any atom is -0.290 e. The molecule has 12 rings (SSSR count). The summed E-state index contributed by atoms with van der Waals surface area (Å²) in [4.78, 5) is 31.9. The fourth-order valence-electron chi connectivity index (χ4n) is 9.60. The van der Waals surface area contributed by atoms with Gasteiger partial charge in [-0.1, -0.05) is 164 Å². The lowest BCUT2D eigenvalue weighted by Gasteiger charge is -2.38. The summed E-state index contributed by atoms with van der Waals surface area (Å²) in [6, 6.07) is 68.7. The maximum absolute atomic E-state index is 14.6. The van der Waals surface area contributed by atoms with Gasteiger partial charge in [0.05, 0.1) is 11.0 Å². The lowest BCUT2D eigenvalue weighted by Crippen LogP contribution is -2.44. The van der Waals surface area contributed by atoms with Gasteiger partial charge in [0.15, 0.2) is 11.6 Å². The van der Waals surface area contributed by atoms with E-state index in [1.165, 1.54) is 0 Å². The van der Waals surface area contributed by atoms with E-state index >= 15 is 0 Å². The van der Waals surface area contributed by atoms with E-state index in [0.717, 1.165) is 83.1 Å². The minimum atomic E-state index is -0.845. The van der Waals surface area contributed by atoms with E-state index in [1.807, 2.05) is 108 Å². The van der Waals surface area contributed by atoms with Crippen molar-refractivity contribution in [1.82, 2.24) is 19.5 Å². The molecule has 0 saturated heterocycles. The number of carbonyl (C=O) groups is 1. The van der Waals surface area contributed by atoms with Crippen LogP contribution in [0.15, 0.2) is 200 Å². The van der Waals surface area contributed by atoms with Crippen LogP contribution in [0.25, 0.3) is 72.8 Å². The van der Waals surface area contributed by atoms with Crippen LogP contribution in [-0.4, -0.2) is 25.4 Å². The summed E-state index contributed by atoms with van der Waals surface area (Å²) in [6.45, 7) is 0. The molecule has 2 aromatic heterocycles. The minimum absolute atomic E-state index is 0.00161. The summed E-state index contributed by atoms with van der Waals surface area (Å²) in [7, 11) is 0. The Labute approximate surface area is 340 Å². The van der Waals surface area contributed by atoms with E-state index in [4.69, 9.17) is 15.0 Å². The van der Waals surface area contributed by atoms with Crippen LogP contribution in [0.4, 0.5) is 5.69 Å². The van der Waals surface area contributed by atoms with Gasteiger partial charge in [0, 0.05) is 33.2 Å². The standard InChI is InChI=1S/C53H33N5O/c59-51-41-25-11-14-28-44(41)53(58(51)37-21-8-3-9-22-37)43-27-13-10-24-40(43)48-38(26-16-29-45(48)53)36-31-32-47-42(33-36)39-23-12-15-30-46(39)57(47)52-55-49(34-17-4-1-5-18-34)54-50(56-52)35-19-6-2-7-20-35/h1-33H. The predicted octanol–water partition coefficient (Wildman–Crippen LogP) is 11.9. The van der Waals surface area contributed by atoms with Crippen molar-refractivity contribution in [2.45, 2.75) is 5.54 Å². The zero-order valence-electron chi connectivity index (χ0n) is 31.7. The number of para-hydroxylation sites is 2. The van der Waals surface area contributed by atoms with E-state index < -0.39 is 5.54 Å². The summed E-state index contributed by atoms with van der Waals surface area (Å²) in [5, 5.41) is 2.19. The van der Waals surface area contributed by atoms with E-state index in [0.29, 0.717) is 17.6 Å². The summed E-state index contributed by atoms with van der Waals surface area (Å²) >= 11 is 0. The molecule has 6 nitrogen and oxygen atoms in total. The molecule has 276 valence electrons. The predicted molar refractivity (Wildman–Crippen MR) is 235 cm³/mol. The molecule has 1 aliphatic heterocycles. The molecular weight excluding hydrogens is 723 g/mol. The van der Waals surface area contributed by atoms with E-state index in [2.05, 4.69) is 102 Å². The van der Waals surface area contributed by atoms with Gasteiger partial charge in [-0.3, -0.25) is 14.3 Å². The maximum atomic E-state index is 14.6. The summed E-state index contributed by atoms with van der Waals surface area (Å²) in [5.41, 5.74) is 12.2. The first kappa shape index (κ1) is 33.2. The number of aromatic nitrogens is 4. The first-order valence-electron chi connectivity index (χ1n) is 19.8. The third-order valence-corrected chi connectivity index (χ3v) is 12.0. The second-order valence-electron chi connectivity index (χ2n) is 15.1. The van der Waals surface area contributed by atoms with Crippen LogP contribution in [0.1, 0.15) is 27.0 Å². The Morgan fingerprint density at radius 3 is 1.66 bits per heavy atom. The Hall–Kier alpha value is -7.96. The van der Waals surface area contributed by atoms with Crippen molar-refractivity contribution in [2.24, 2.45) is 0 Å². The van der Waals surface area contributed by atoms with Crippen molar-refractivity contribution in [2.75, 3.05) is 4.90 Å². The molecule has 6 heteroatoms. The van der Waals surface area contributed by atoms with Gasteiger partial charge in [-0.2, -0.15) is 9.97 Å². The number of anilines is 1. The van der Waals surface area contributed by atoms with Gasteiger partial charge in [-0.15, -0.1) is 0 Å². The smallest absolute Gasteiger partial charge is 0.260 e. The topological polar surface area (TPSA) is 63.9 Å². The number of carbonyl (C=O) groups excluding carboxylic acids is 1. The van der Waals surface area contributed by atoms with Gasteiger partial charge in [0.25, 0.3) is 5.91 Å². The van der Waals surface area contributed by atoms with Crippen molar-refractivity contribution in [3.05, 3.63) is 222 Å². The Morgan fingerprint density at radius 2 is 0.949 bits per heavy atom. The molecule has 10 aromatic rings. The van der Waals surface area contributed by atoms with Crippen LogP contribution < -0.4 is 4.90 Å². The monoisotopic (exact) mass is 755 g/mol. The molecule has 1 amide bonds. The molecule has 1 unspecified atom stereocenters. The zero-order valence-corrected chi connectivity index (χ0v) is 31.7. The molecule has 0 N–H and O–H groups in total. The van der Waals surface area contributed by atoms with Gasteiger partial charge in [0.1, 0.15) is 5.54 Å². The van der Waals surface area contributed by atoms with Crippen LogP contribution in [0.2, 0.25) is 0 Å². The largest absolute Gasteiger partial charge is 0.290 e. The fourth-order valence-corrected chi connectivity index (χ4v) is 9.60. The van der Waals surface area contributed by atoms with Crippen LogP contribution in [-0.2, 0) is 5.54 Å². The third kappa shape index (κ3) is 4.74. The molecule has 0 bridgehead atoms. The molecule has 1 aliphatic carbocycles.